The molecule has 3 heteroatoms. The number of hydrogen-bond donors (Lipinski definition) is 0. The predicted molar refractivity (Wildman–Crippen MR) is 127 cm³/mol. The van der Waals surface area contributed by atoms with Crippen LogP contribution in [0.5, 0.6) is 0 Å². The number of fused-ring (bicyclic) bond motifs is 1. The number of rotatable bonds is 6. The van der Waals surface area contributed by atoms with Crippen LogP contribution in [0.1, 0.15) is 86.5 Å². The van der Waals surface area contributed by atoms with Crippen LogP contribution in [-0.4, -0.2) is 30.8 Å². The van der Waals surface area contributed by atoms with Gasteiger partial charge in [0.2, 0.25) is 0 Å². The van der Waals surface area contributed by atoms with Crippen molar-refractivity contribution >= 4 is 8.07 Å². The summed E-state index contributed by atoms with van der Waals surface area (Å²) in [7, 11) is -1.66. The third kappa shape index (κ3) is 3.93. The van der Waals surface area contributed by atoms with Crippen LogP contribution in [0.4, 0.5) is 0 Å². The van der Waals surface area contributed by atoms with E-state index in [-0.39, 0.29) is 5.54 Å². The van der Waals surface area contributed by atoms with Gasteiger partial charge in [-0.05, 0) is 67.6 Å². The summed E-state index contributed by atoms with van der Waals surface area (Å²) in [5, 5.41) is 2.42. The van der Waals surface area contributed by atoms with Crippen LogP contribution >= 0.6 is 0 Å². The fraction of sp³-hybridized carbons (Fsp3) is 0.769. The molecule has 29 heavy (non-hydrogen) atoms. The number of nitrogens with zero attached hydrogens (tertiary/aromatic N) is 1. The zero-order valence-electron chi connectivity index (χ0n) is 19.7. The lowest BCUT2D eigenvalue weighted by molar-refractivity contribution is -0.221. The second kappa shape index (κ2) is 9.12. The van der Waals surface area contributed by atoms with Crippen molar-refractivity contribution in [2.24, 2.45) is 5.92 Å². The van der Waals surface area contributed by atoms with Gasteiger partial charge < -0.3 is 0 Å². The SMILES string of the molecule is C=CC[C@@H]1CCC[C@]23CCC[C@H](ON12)[C@H]3/C=C\C#C[Si](C(C)C)(C(C)C)C(C)C. The van der Waals surface area contributed by atoms with Crippen molar-refractivity contribution in [2.45, 2.75) is 121 Å². The molecule has 3 fully saturated rings. The number of piperidine rings is 1. The Morgan fingerprint density at radius 3 is 2.28 bits per heavy atom. The summed E-state index contributed by atoms with van der Waals surface area (Å²) >= 11 is 0. The molecule has 4 atom stereocenters. The number of hydroxylamine groups is 2. The molecule has 2 heterocycles. The zero-order valence-corrected chi connectivity index (χ0v) is 20.7. The summed E-state index contributed by atoms with van der Waals surface area (Å²) < 4.78 is 0. The third-order valence-electron chi connectivity index (χ3n) is 8.27. The molecule has 162 valence electrons. The van der Waals surface area contributed by atoms with Crippen molar-refractivity contribution in [2.75, 3.05) is 0 Å². The van der Waals surface area contributed by atoms with E-state index >= 15 is 0 Å². The monoisotopic (exact) mass is 413 g/mol. The first-order valence-electron chi connectivity index (χ1n) is 12.1. The first-order valence-corrected chi connectivity index (χ1v) is 14.3. The van der Waals surface area contributed by atoms with Crippen molar-refractivity contribution in [3.8, 4) is 11.5 Å². The zero-order chi connectivity index (χ0) is 21.2. The lowest BCUT2D eigenvalue weighted by atomic mass is 9.67. The molecular weight excluding hydrogens is 370 g/mol. The molecule has 2 aliphatic heterocycles. The minimum Gasteiger partial charge on any atom is -0.294 e. The van der Waals surface area contributed by atoms with Crippen LogP contribution in [0.3, 0.4) is 0 Å². The highest BCUT2D eigenvalue weighted by molar-refractivity contribution is 6.90. The third-order valence-corrected chi connectivity index (χ3v) is 14.6. The van der Waals surface area contributed by atoms with Crippen LogP contribution in [0.25, 0.3) is 0 Å². The van der Waals surface area contributed by atoms with Crippen molar-refractivity contribution in [3.63, 3.8) is 0 Å². The Labute approximate surface area is 181 Å². The highest BCUT2D eigenvalue weighted by Crippen LogP contribution is 2.54. The van der Waals surface area contributed by atoms with Crippen LogP contribution in [0, 0.1) is 17.4 Å². The molecular formula is C26H43NOSi. The van der Waals surface area contributed by atoms with Crippen molar-refractivity contribution in [1.29, 1.82) is 0 Å². The first-order chi connectivity index (χ1) is 13.8. The van der Waals surface area contributed by atoms with Gasteiger partial charge in [-0.25, -0.2) is 0 Å². The van der Waals surface area contributed by atoms with E-state index in [1.54, 1.807) is 0 Å². The molecule has 0 radical (unpaired) electrons. The molecule has 1 spiro atoms. The van der Waals surface area contributed by atoms with Gasteiger partial charge in [-0.3, -0.25) is 4.84 Å². The molecule has 3 rings (SSSR count). The lowest BCUT2D eigenvalue weighted by Crippen LogP contribution is -2.55. The van der Waals surface area contributed by atoms with Crippen LogP contribution in [0.15, 0.2) is 24.8 Å². The molecule has 1 saturated carbocycles. The smallest absolute Gasteiger partial charge is 0.146 e. The summed E-state index contributed by atoms with van der Waals surface area (Å²) in [5.41, 5.74) is 6.11. The second-order valence-corrected chi connectivity index (χ2v) is 16.2. The largest absolute Gasteiger partial charge is 0.294 e. The highest BCUT2D eigenvalue weighted by Gasteiger charge is 2.58. The Morgan fingerprint density at radius 2 is 1.69 bits per heavy atom. The predicted octanol–water partition coefficient (Wildman–Crippen LogP) is 7.05. The minimum absolute atomic E-state index is 0.204. The highest BCUT2D eigenvalue weighted by atomic mass is 28.3. The van der Waals surface area contributed by atoms with Gasteiger partial charge in [-0.2, -0.15) is 5.06 Å². The van der Waals surface area contributed by atoms with E-state index in [4.69, 9.17) is 4.84 Å². The van der Waals surface area contributed by atoms with E-state index in [2.05, 4.69) is 82.9 Å². The maximum Gasteiger partial charge on any atom is 0.146 e. The topological polar surface area (TPSA) is 12.5 Å². The Morgan fingerprint density at radius 1 is 1.07 bits per heavy atom. The van der Waals surface area contributed by atoms with Gasteiger partial charge in [-0.15, -0.1) is 12.1 Å². The molecule has 0 N–H and O–H groups in total. The summed E-state index contributed by atoms with van der Waals surface area (Å²) in [6, 6.07) is 0.509. The normalized spacial score (nSPS) is 32.7. The fourth-order valence-electron chi connectivity index (χ4n) is 7.00. The Balaban J connectivity index is 1.84. The molecule has 1 aliphatic carbocycles. The summed E-state index contributed by atoms with van der Waals surface area (Å²) in [4.78, 5) is 6.57. The molecule has 2 nitrogen and oxygen atoms in total. The van der Waals surface area contributed by atoms with Gasteiger partial charge in [0, 0.05) is 12.0 Å². The summed E-state index contributed by atoms with van der Waals surface area (Å²) in [6.45, 7) is 18.3. The quantitative estimate of drug-likeness (QED) is 0.263. The number of hydrogen-bond acceptors (Lipinski definition) is 2. The van der Waals surface area contributed by atoms with E-state index in [9.17, 15) is 0 Å². The van der Waals surface area contributed by atoms with Crippen LogP contribution < -0.4 is 0 Å². The summed E-state index contributed by atoms with van der Waals surface area (Å²) in [5.74, 6) is 4.05. The van der Waals surface area contributed by atoms with Gasteiger partial charge >= 0.3 is 0 Å². The van der Waals surface area contributed by atoms with Gasteiger partial charge in [0.05, 0.1) is 11.6 Å². The second-order valence-electron chi connectivity index (χ2n) is 10.6. The molecule has 2 bridgehead atoms. The van der Waals surface area contributed by atoms with E-state index in [1.165, 1.54) is 38.5 Å². The number of allylic oxidation sites excluding steroid dienone is 1. The van der Waals surface area contributed by atoms with Gasteiger partial charge in [0.1, 0.15) is 8.07 Å². The average Bonchev–Trinajstić information content (AvgIpc) is 2.82. The van der Waals surface area contributed by atoms with Crippen molar-refractivity contribution < 1.29 is 4.84 Å². The van der Waals surface area contributed by atoms with Gasteiger partial charge in [0.25, 0.3) is 0 Å². The van der Waals surface area contributed by atoms with Crippen LogP contribution in [-0.2, 0) is 4.84 Å². The maximum atomic E-state index is 6.57. The van der Waals surface area contributed by atoms with Crippen molar-refractivity contribution in [1.82, 2.24) is 5.06 Å². The maximum absolute atomic E-state index is 6.57. The van der Waals surface area contributed by atoms with Gasteiger partial charge in [-0.1, -0.05) is 59.6 Å². The van der Waals surface area contributed by atoms with Crippen molar-refractivity contribution in [3.05, 3.63) is 24.8 Å². The standard InChI is InChI=1S/C26H43NOSi/c1-8-13-23-14-11-17-26-18-12-16-25(28-27(23)26)24(26)15-9-10-19-29(20(2)3,21(4)5)22(6)7/h8-9,15,20-25H,1,11-14,16-18H2,2-7H3/b15-9-/t23-,24-,25+,26-/m1/s1. The van der Waals surface area contributed by atoms with E-state index in [1.807, 2.05) is 0 Å². The van der Waals surface area contributed by atoms with E-state index in [0.29, 0.717) is 34.7 Å². The van der Waals surface area contributed by atoms with E-state index in [0.717, 1.165) is 6.42 Å². The molecule has 3 aliphatic rings. The Bertz CT molecular complexity index is 644. The fourth-order valence-corrected chi connectivity index (χ4v) is 12.2. The Hall–Kier alpha value is -0.823. The molecule has 0 aromatic heterocycles. The molecule has 0 unspecified atom stereocenters. The minimum atomic E-state index is -1.66. The molecule has 0 amide bonds. The molecule has 2 saturated heterocycles. The first kappa shape index (κ1) is 22.9. The average molecular weight is 414 g/mol. The van der Waals surface area contributed by atoms with Crippen LogP contribution in [0.2, 0.25) is 16.6 Å². The summed E-state index contributed by atoms with van der Waals surface area (Å²) in [6.07, 6.45) is 15.6. The van der Waals surface area contributed by atoms with E-state index < -0.39 is 8.07 Å². The van der Waals surface area contributed by atoms with Gasteiger partial charge in [0.15, 0.2) is 0 Å². The molecule has 0 aromatic rings. The lowest BCUT2D eigenvalue weighted by Gasteiger charge is -2.47. The Kier molecular flexibility index (Phi) is 7.19. The molecule has 0 aromatic carbocycles.